The highest BCUT2D eigenvalue weighted by Gasteiger charge is 2.32. The monoisotopic (exact) mass is 247 g/mol. The molecule has 0 aromatic rings. The average molecular weight is 248 g/mol. The van der Waals surface area contributed by atoms with Crippen LogP contribution >= 0.6 is 23.4 Å². The van der Waals surface area contributed by atoms with Crippen molar-refractivity contribution in [2.45, 2.75) is 43.4 Å². The summed E-state index contributed by atoms with van der Waals surface area (Å²) in [5.41, 5.74) is 0. The third-order valence-corrected chi connectivity index (χ3v) is 5.01. The van der Waals surface area contributed by atoms with Gasteiger partial charge in [0, 0.05) is 18.5 Å². The van der Waals surface area contributed by atoms with E-state index >= 15 is 0 Å². The Morgan fingerprint density at radius 1 is 1.33 bits per heavy atom. The lowest BCUT2D eigenvalue weighted by molar-refractivity contribution is -0.133. The number of hydrogen-bond donors (Lipinski definition) is 0. The van der Waals surface area contributed by atoms with Gasteiger partial charge in [0.1, 0.15) is 0 Å². The van der Waals surface area contributed by atoms with Gasteiger partial charge in [0.05, 0.1) is 5.25 Å². The second kappa shape index (κ2) is 5.44. The Bertz CT molecular complexity index is 231. The normalized spacial score (nSPS) is 31.9. The quantitative estimate of drug-likeness (QED) is 0.699. The van der Waals surface area contributed by atoms with Gasteiger partial charge in [-0.3, -0.25) is 4.79 Å². The van der Waals surface area contributed by atoms with E-state index in [9.17, 15) is 4.79 Å². The van der Waals surface area contributed by atoms with Crippen molar-refractivity contribution in [2.24, 2.45) is 0 Å². The van der Waals surface area contributed by atoms with Crippen molar-refractivity contribution in [3.63, 3.8) is 0 Å². The minimum Gasteiger partial charge on any atom is -0.338 e. The highest BCUT2D eigenvalue weighted by atomic mass is 35.5. The van der Waals surface area contributed by atoms with Gasteiger partial charge in [-0.2, -0.15) is 0 Å². The molecule has 1 amide bonds. The maximum atomic E-state index is 12.2. The van der Waals surface area contributed by atoms with Crippen LogP contribution in [0.25, 0.3) is 0 Å². The molecule has 86 valence electrons. The fourth-order valence-electron chi connectivity index (χ4n) is 2.41. The minimum absolute atomic E-state index is 0.230. The van der Waals surface area contributed by atoms with E-state index in [-0.39, 0.29) is 5.25 Å². The first-order valence-electron chi connectivity index (χ1n) is 5.81. The lowest BCUT2D eigenvalue weighted by atomic mass is 10.0. The molecule has 4 heteroatoms. The highest BCUT2D eigenvalue weighted by molar-refractivity contribution is 8.00. The van der Waals surface area contributed by atoms with Crippen LogP contribution in [0.3, 0.4) is 0 Å². The summed E-state index contributed by atoms with van der Waals surface area (Å²) in [7, 11) is 0. The lowest BCUT2D eigenvalue weighted by Crippen LogP contribution is -2.47. The van der Waals surface area contributed by atoms with E-state index in [1.807, 2.05) is 16.7 Å². The summed E-state index contributed by atoms with van der Waals surface area (Å²) in [6, 6.07) is 0.300. The van der Waals surface area contributed by atoms with E-state index < -0.39 is 0 Å². The number of carbonyl (C=O) groups excluding carboxylic acids is 1. The smallest absolute Gasteiger partial charge is 0.235 e. The Balaban J connectivity index is 1.96. The molecular formula is C11H18ClNOS. The van der Waals surface area contributed by atoms with Crippen LogP contribution < -0.4 is 0 Å². The number of piperidine rings is 1. The summed E-state index contributed by atoms with van der Waals surface area (Å²) in [5, 5.41) is 0.230. The van der Waals surface area contributed by atoms with Gasteiger partial charge in [0.15, 0.2) is 0 Å². The zero-order valence-electron chi connectivity index (χ0n) is 8.95. The van der Waals surface area contributed by atoms with E-state index in [2.05, 4.69) is 0 Å². The molecule has 0 bridgehead atoms. The topological polar surface area (TPSA) is 20.3 Å². The van der Waals surface area contributed by atoms with Gasteiger partial charge in [-0.05, 0) is 37.9 Å². The molecule has 0 aromatic heterocycles. The van der Waals surface area contributed by atoms with Crippen LogP contribution in [0.1, 0.15) is 32.1 Å². The van der Waals surface area contributed by atoms with E-state index in [0.29, 0.717) is 17.8 Å². The number of amides is 1. The Morgan fingerprint density at radius 2 is 2.20 bits per heavy atom. The molecule has 0 aliphatic carbocycles. The van der Waals surface area contributed by atoms with Crippen molar-refractivity contribution < 1.29 is 4.79 Å². The Morgan fingerprint density at radius 3 is 2.87 bits per heavy atom. The van der Waals surface area contributed by atoms with Crippen LogP contribution in [0, 0.1) is 0 Å². The Kier molecular flexibility index (Phi) is 4.21. The standard InChI is InChI=1S/C11H18ClNOS/c12-8-9-4-1-2-6-13(9)11(14)10-5-3-7-15-10/h9-10H,1-8H2. The fourth-order valence-corrected chi connectivity index (χ4v) is 3.96. The zero-order valence-corrected chi connectivity index (χ0v) is 10.5. The molecule has 0 radical (unpaired) electrons. The van der Waals surface area contributed by atoms with E-state index in [0.717, 1.165) is 31.6 Å². The van der Waals surface area contributed by atoms with Crippen molar-refractivity contribution >= 4 is 29.3 Å². The van der Waals surface area contributed by atoms with Gasteiger partial charge < -0.3 is 4.90 Å². The van der Waals surface area contributed by atoms with Crippen LogP contribution in [0.15, 0.2) is 0 Å². The predicted octanol–water partition coefficient (Wildman–Crippen LogP) is 2.50. The first-order chi connectivity index (χ1) is 7.33. The molecule has 2 unspecified atom stereocenters. The number of rotatable bonds is 2. The number of nitrogens with zero attached hydrogens (tertiary/aromatic N) is 1. The van der Waals surface area contributed by atoms with Crippen LogP contribution in [0.5, 0.6) is 0 Å². The van der Waals surface area contributed by atoms with Gasteiger partial charge >= 0.3 is 0 Å². The zero-order chi connectivity index (χ0) is 10.7. The van der Waals surface area contributed by atoms with E-state index in [1.54, 1.807) is 0 Å². The number of carbonyl (C=O) groups is 1. The largest absolute Gasteiger partial charge is 0.338 e. The van der Waals surface area contributed by atoms with Gasteiger partial charge in [0.25, 0.3) is 0 Å². The van der Waals surface area contributed by atoms with Crippen LogP contribution in [0.4, 0.5) is 0 Å². The minimum atomic E-state index is 0.230. The number of likely N-dealkylation sites (tertiary alicyclic amines) is 1. The van der Waals surface area contributed by atoms with Gasteiger partial charge in [-0.1, -0.05) is 0 Å². The van der Waals surface area contributed by atoms with Crippen LogP contribution in [-0.2, 0) is 4.79 Å². The molecule has 2 aliphatic heterocycles. The maximum Gasteiger partial charge on any atom is 0.235 e. The maximum absolute atomic E-state index is 12.2. The number of halogens is 1. The number of thioether (sulfide) groups is 1. The van der Waals surface area contributed by atoms with Gasteiger partial charge in [-0.15, -0.1) is 23.4 Å². The summed E-state index contributed by atoms with van der Waals surface area (Å²) in [4.78, 5) is 14.3. The molecule has 2 aliphatic rings. The molecule has 2 saturated heterocycles. The Hall–Kier alpha value is 0.110. The summed E-state index contributed by atoms with van der Waals surface area (Å²) in [5.74, 6) is 2.10. The van der Waals surface area contributed by atoms with Crippen LogP contribution in [0.2, 0.25) is 0 Å². The lowest BCUT2D eigenvalue weighted by Gasteiger charge is -2.36. The molecule has 15 heavy (non-hydrogen) atoms. The second-order valence-electron chi connectivity index (χ2n) is 4.34. The first-order valence-corrected chi connectivity index (χ1v) is 7.39. The average Bonchev–Trinajstić information content (AvgIpc) is 2.81. The van der Waals surface area contributed by atoms with Gasteiger partial charge in [0.2, 0.25) is 5.91 Å². The highest BCUT2D eigenvalue weighted by Crippen LogP contribution is 2.30. The van der Waals surface area contributed by atoms with Crippen molar-refractivity contribution in [3.05, 3.63) is 0 Å². The third-order valence-electron chi connectivity index (χ3n) is 3.29. The molecule has 2 heterocycles. The molecule has 2 nitrogen and oxygen atoms in total. The van der Waals surface area contributed by atoms with Crippen LogP contribution in [-0.4, -0.2) is 40.3 Å². The van der Waals surface area contributed by atoms with Crippen molar-refractivity contribution in [2.75, 3.05) is 18.2 Å². The molecule has 0 N–H and O–H groups in total. The van der Waals surface area contributed by atoms with Gasteiger partial charge in [-0.25, -0.2) is 0 Å². The SMILES string of the molecule is O=C(C1CCCS1)N1CCCCC1CCl. The molecule has 2 rings (SSSR count). The third kappa shape index (κ3) is 2.62. The molecule has 0 saturated carbocycles. The number of alkyl halides is 1. The van der Waals surface area contributed by atoms with Crippen molar-refractivity contribution in [1.29, 1.82) is 0 Å². The number of hydrogen-bond acceptors (Lipinski definition) is 2. The summed E-state index contributed by atoms with van der Waals surface area (Å²) >= 11 is 7.75. The molecule has 2 fully saturated rings. The van der Waals surface area contributed by atoms with E-state index in [1.165, 1.54) is 12.8 Å². The fraction of sp³-hybridized carbons (Fsp3) is 0.909. The molecule has 2 atom stereocenters. The molecule has 0 aromatic carbocycles. The summed E-state index contributed by atoms with van der Waals surface area (Å²) in [6.07, 6.45) is 5.72. The predicted molar refractivity (Wildman–Crippen MR) is 65.6 cm³/mol. The molecular weight excluding hydrogens is 230 g/mol. The first kappa shape index (κ1) is 11.6. The van der Waals surface area contributed by atoms with Crippen molar-refractivity contribution in [3.8, 4) is 0 Å². The second-order valence-corrected chi connectivity index (χ2v) is 5.96. The Labute approximate surface area is 101 Å². The van der Waals surface area contributed by atoms with Crippen molar-refractivity contribution in [1.82, 2.24) is 4.90 Å². The summed E-state index contributed by atoms with van der Waals surface area (Å²) in [6.45, 7) is 0.924. The van der Waals surface area contributed by atoms with E-state index in [4.69, 9.17) is 11.6 Å². The molecule has 0 spiro atoms. The summed E-state index contributed by atoms with van der Waals surface area (Å²) < 4.78 is 0.